The summed E-state index contributed by atoms with van der Waals surface area (Å²) in [5, 5.41) is 12.2. The van der Waals surface area contributed by atoms with Crippen molar-refractivity contribution in [2.45, 2.75) is 0 Å². The lowest BCUT2D eigenvalue weighted by molar-refractivity contribution is 0.977. The van der Waals surface area contributed by atoms with Gasteiger partial charge in [0, 0.05) is 6.07 Å². The highest BCUT2D eigenvalue weighted by molar-refractivity contribution is 5.48. The summed E-state index contributed by atoms with van der Waals surface area (Å²) in [6.45, 7) is 0. The second-order valence-electron chi connectivity index (χ2n) is 2.35. The van der Waals surface area contributed by atoms with E-state index in [-0.39, 0.29) is 11.5 Å². The van der Waals surface area contributed by atoms with Gasteiger partial charge >= 0.3 is 0 Å². The van der Waals surface area contributed by atoms with Crippen LogP contribution in [0.15, 0.2) is 16.9 Å². The van der Waals surface area contributed by atoms with Gasteiger partial charge in [-0.2, -0.15) is 10.1 Å². The minimum Gasteiger partial charge on any atom is -0.366 e. The SMILES string of the molecule is Nc1n[nH]c(-c2ccc(=O)[nH]n2)n1. The second kappa shape index (κ2) is 2.70. The van der Waals surface area contributed by atoms with Crippen LogP contribution in [0.2, 0.25) is 0 Å². The molecule has 0 spiro atoms. The van der Waals surface area contributed by atoms with Crippen molar-refractivity contribution < 1.29 is 0 Å². The van der Waals surface area contributed by atoms with Crippen molar-refractivity contribution in [3.63, 3.8) is 0 Å². The third kappa shape index (κ3) is 1.39. The molecule has 2 heterocycles. The molecule has 0 radical (unpaired) electrons. The molecule has 7 heteroatoms. The van der Waals surface area contributed by atoms with Crippen molar-refractivity contribution in [1.29, 1.82) is 0 Å². The number of rotatable bonds is 1. The molecule has 4 N–H and O–H groups in total. The molecule has 2 aromatic rings. The maximum Gasteiger partial charge on any atom is 0.264 e. The molecule has 66 valence electrons. The second-order valence-corrected chi connectivity index (χ2v) is 2.35. The predicted molar refractivity (Wildman–Crippen MR) is 44.6 cm³/mol. The molecule has 0 saturated carbocycles. The van der Waals surface area contributed by atoms with Crippen LogP contribution in [0, 0.1) is 0 Å². The average molecular weight is 178 g/mol. The Bertz CT molecular complexity index is 451. The number of nitrogens with two attached hydrogens (primary N) is 1. The van der Waals surface area contributed by atoms with Gasteiger partial charge in [-0.3, -0.25) is 9.89 Å². The van der Waals surface area contributed by atoms with Gasteiger partial charge in [0.2, 0.25) is 5.95 Å². The molecule has 7 nitrogen and oxygen atoms in total. The molecular weight excluding hydrogens is 172 g/mol. The Kier molecular flexibility index (Phi) is 1.55. The summed E-state index contributed by atoms with van der Waals surface area (Å²) in [5.74, 6) is 0.566. The third-order valence-electron chi connectivity index (χ3n) is 1.42. The van der Waals surface area contributed by atoms with Crippen LogP contribution >= 0.6 is 0 Å². The van der Waals surface area contributed by atoms with Crippen LogP contribution in [-0.4, -0.2) is 25.4 Å². The minimum absolute atomic E-state index is 0.142. The zero-order chi connectivity index (χ0) is 9.26. The Morgan fingerprint density at radius 1 is 1.23 bits per heavy atom. The highest BCUT2D eigenvalue weighted by atomic mass is 16.1. The highest BCUT2D eigenvalue weighted by Gasteiger charge is 2.03. The van der Waals surface area contributed by atoms with Crippen LogP contribution in [0.4, 0.5) is 5.95 Å². The monoisotopic (exact) mass is 178 g/mol. The summed E-state index contributed by atoms with van der Waals surface area (Å²) < 4.78 is 0. The van der Waals surface area contributed by atoms with E-state index in [2.05, 4.69) is 25.4 Å². The first-order valence-electron chi connectivity index (χ1n) is 3.50. The van der Waals surface area contributed by atoms with Crippen LogP contribution in [0.1, 0.15) is 0 Å². The Labute approximate surface area is 72.0 Å². The fraction of sp³-hybridized carbons (Fsp3) is 0. The van der Waals surface area contributed by atoms with Gasteiger partial charge in [-0.05, 0) is 6.07 Å². The van der Waals surface area contributed by atoms with Crippen LogP contribution in [0.25, 0.3) is 11.5 Å². The third-order valence-corrected chi connectivity index (χ3v) is 1.42. The lowest BCUT2D eigenvalue weighted by Crippen LogP contribution is -2.05. The fourth-order valence-corrected chi connectivity index (χ4v) is 0.866. The number of aromatic nitrogens is 5. The van der Waals surface area contributed by atoms with Gasteiger partial charge in [0.1, 0.15) is 5.69 Å². The first kappa shape index (κ1) is 7.47. The quantitative estimate of drug-likeness (QED) is 0.525. The van der Waals surface area contributed by atoms with E-state index in [1.807, 2.05) is 0 Å². The van der Waals surface area contributed by atoms with Crippen molar-refractivity contribution in [2.75, 3.05) is 5.73 Å². The number of aromatic amines is 2. The molecule has 0 saturated heterocycles. The van der Waals surface area contributed by atoms with Crippen LogP contribution in [0.5, 0.6) is 0 Å². The van der Waals surface area contributed by atoms with Gasteiger partial charge < -0.3 is 5.73 Å². The number of anilines is 1. The van der Waals surface area contributed by atoms with Crippen molar-refractivity contribution in [2.24, 2.45) is 0 Å². The molecule has 13 heavy (non-hydrogen) atoms. The molecule has 0 unspecified atom stereocenters. The molecule has 0 amide bonds. The summed E-state index contributed by atoms with van der Waals surface area (Å²) in [6.07, 6.45) is 0. The number of hydrogen-bond donors (Lipinski definition) is 3. The zero-order valence-electron chi connectivity index (χ0n) is 6.48. The van der Waals surface area contributed by atoms with Crippen molar-refractivity contribution >= 4 is 5.95 Å². The molecule has 0 aliphatic heterocycles. The van der Waals surface area contributed by atoms with E-state index in [1.165, 1.54) is 12.1 Å². The van der Waals surface area contributed by atoms with E-state index in [9.17, 15) is 4.79 Å². The smallest absolute Gasteiger partial charge is 0.264 e. The van der Waals surface area contributed by atoms with E-state index in [1.54, 1.807) is 0 Å². The summed E-state index contributed by atoms with van der Waals surface area (Å²) in [6, 6.07) is 2.87. The molecule has 0 aliphatic rings. The standard InChI is InChI=1S/C6H6N6O/c7-6-8-5(11-12-6)3-1-2-4(13)10-9-3/h1-2H,(H,10,13)(H3,7,8,11,12). The van der Waals surface area contributed by atoms with Crippen molar-refractivity contribution in [3.8, 4) is 11.5 Å². The minimum atomic E-state index is -0.267. The summed E-state index contributed by atoms with van der Waals surface area (Å²) >= 11 is 0. The van der Waals surface area contributed by atoms with Gasteiger partial charge in [-0.15, -0.1) is 5.10 Å². The highest BCUT2D eigenvalue weighted by Crippen LogP contribution is 2.08. The van der Waals surface area contributed by atoms with E-state index in [0.717, 1.165) is 0 Å². The number of H-pyrrole nitrogens is 2. The van der Waals surface area contributed by atoms with E-state index in [0.29, 0.717) is 11.5 Å². The predicted octanol–water partition coefficient (Wildman–Crippen LogP) is -0.863. The summed E-state index contributed by atoms with van der Waals surface area (Å²) in [4.78, 5) is 14.5. The number of nitrogen functional groups attached to an aromatic ring is 1. The van der Waals surface area contributed by atoms with E-state index >= 15 is 0 Å². The normalized spacial score (nSPS) is 10.2. The van der Waals surface area contributed by atoms with Gasteiger partial charge in [-0.1, -0.05) is 0 Å². The molecule has 2 aromatic heterocycles. The van der Waals surface area contributed by atoms with Crippen LogP contribution < -0.4 is 11.3 Å². The van der Waals surface area contributed by atoms with Crippen LogP contribution in [-0.2, 0) is 0 Å². The average Bonchev–Trinajstić information content (AvgIpc) is 2.53. The maximum absolute atomic E-state index is 10.7. The van der Waals surface area contributed by atoms with Gasteiger partial charge in [0.15, 0.2) is 5.82 Å². The molecule has 0 fully saturated rings. The van der Waals surface area contributed by atoms with Gasteiger partial charge in [0.25, 0.3) is 5.56 Å². The van der Waals surface area contributed by atoms with E-state index < -0.39 is 0 Å². The summed E-state index contributed by atoms with van der Waals surface area (Å²) in [5.41, 5.74) is 5.51. The Hall–Kier alpha value is -2.18. The van der Waals surface area contributed by atoms with Gasteiger partial charge in [0.05, 0.1) is 0 Å². The first-order valence-corrected chi connectivity index (χ1v) is 3.50. The largest absolute Gasteiger partial charge is 0.366 e. The van der Waals surface area contributed by atoms with Crippen LogP contribution in [0.3, 0.4) is 0 Å². The van der Waals surface area contributed by atoms with E-state index in [4.69, 9.17) is 5.73 Å². The van der Waals surface area contributed by atoms with Crippen molar-refractivity contribution in [1.82, 2.24) is 25.4 Å². The fourth-order valence-electron chi connectivity index (χ4n) is 0.866. The Morgan fingerprint density at radius 2 is 2.08 bits per heavy atom. The Balaban J connectivity index is 2.47. The van der Waals surface area contributed by atoms with Gasteiger partial charge in [-0.25, -0.2) is 5.10 Å². The maximum atomic E-state index is 10.7. The number of hydrogen-bond acceptors (Lipinski definition) is 5. The first-order chi connectivity index (χ1) is 6.25. The topological polar surface area (TPSA) is 113 Å². The molecule has 2 rings (SSSR count). The lowest BCUT2D eigenvalue weighted by Gasteiger charge is -1.90. The van der Waals surface area contributed by atoms with Crippen molar-refractivity contribution in [3.05, 3.63) is 22.5 Å². The molecule has 0 aliphatic carbocycles. The molecule has 0 atom stereocenters. The summed E-state index contributed by atoms with van der Waals surface area (Å²) in [7, 11) is 0. The molecule has 0 aromatic carbocycles. The number of nitrogens with one attached hydrogen (secondary N) is 2. The molecule has 0 bridgehead atoms. The lowest BCUT2D eigenvalue weighted by atomic mass is 10.4. The molecular formula is C6H6N6O. The zero-order valence-corrected chi connectivity index (χ0v) is 6.48. The number of nitrogens with zero attached hydrogens (tertiary/aromatic N) is 3. The Morgan fingerprint density at radius 3 is 2.62 bits per heavy atom.